The highest BCUT2D eigenvalue weighted by atomic mass is 79.9. The molecule has 3 N–H and O–H groups in total. The second-order valence-corrected chi connectivity index (χ2v) is 7.59. The van der Waals surface area contributed by atoms with Gasteiger partial charge in [-0.3, -0.25) is 9.78 Å². The second-order valence-electron chi connectivity index (χ2n) is 6.74. The molecule has 0 aromatic carbocycles. The lowest BCUT2D eigenvalue weighted by Gasteiger charge is -2.20. The van der Waals surface area contributed by atoms with E-state index in [-0.39, 0.29) is 11.4 Å². The van der Waals surface area contributed by atoms with Gasteiger partial charge in [0.05, 0.1) is 4.47 Å². The summed E-state index contributed by atoms with van der Waals surface area (Å²) >= 11 is 3.15. The van der Waals surface area contributed by atoms with Crippen LogP contribution in [0.1, 0.15) is 36.7 Å². The summed E-state index contributed by atoms with van der Waals surface area (Å²) in [6.45, 7) is 5.30. The first-order chi connectivity index (χ1) is 12.9. The number of halogens is 4. The first-order valence-corrected chi connectivity index (χ1v) is 8.95. The molecule has 0 saturated heterocycles. The number of rotatable bonds is 5. The molecule has 2 rings (SSSR count). The van der Waals surface area contributed by atoms with E-state index in [9.17, 15) is 18.0 Å². The largest absolute Gasteiger partial charge is 0.467 e. The van der Waals surface area contributed by atoms with Crippen LogP contribution in [0.5, 0.6) is 5.88 Å². The Balaban J connectivity index is 0.000000362. The average molecular weight is 463 g/mol. The Bertz CT molecular complexity index is 766. The van der Waals surface area contributed by atoms with Crippen LogP contribution in [0.3, 0.4) is 0 Å². The number of nitrogens with two attached hydrogens (primary N) is 1. The highest BCUT2D eigenvalue weighted by Crippen LogP contribution is 2.25. The van der Waals surface area contributed by atoms with Crippen molar-refractivity contribution in [2.75, 3.05) is 6.61 Å². The SMILES string of the molecule is CC(C)(C)NCc1cnc(OCC(F)(F)F)c(Br)c1.NC(=O)c1ccncc1. The van der Waals surface area contributed by atoms with Gasteiger partial charge in [-0.05, 0) is 60.5 Å². The van der Waals surface area contributed by atoms with Crippen LogP contribution in [-0.4, -0.2) is 34.2 Å². The number of carbonyl (C=O) groups excluding carboxylic acids is 1. The van der Waals surface area contributed by atoms with Crippen molar-refractivity contribution in [1.82, 2.24) is 15.3 Å². The maximum atomic E-state index is 12.0. The molecule has 0 radical (unpaired) electrons. The third kappa shape index (κ3) is 10.2. The number of nitrogens with zero attached hydrogens (tertiary/aromatic N) is 2. The van der Waals surface area contributed by atoms with Crippen molar-refractivity contribution in [3.8, 4) is 5.88 Å². The van der Waals surface area contributed by atoms with Crippen LogP contribution in [0.4, 0.5) is 13.2 Å². The lowest BCUT2D eigenvalue weighted by atomic mass is 10.1. The summed E-state index contributed by atoms with van der Waals surface area (Å²) in [5.74, 6) is -0.478. The summed E-state index contributed by atoms with van der Waals surface area (Å²) in [5, 5.41) is 3.26. The van der Waals surface area contributed by atoms with Gasteiger partial charge in [-0.15, -0.1) is 0 Å². The molecule has 0 aliphatic heterocycles. The monoisotopic (exact) mass is 462 g/mol. The zero-order valence-corrected chi connectivity index (χ0v) is 17.3. The van der Waals surface area contributed by atoms with Gasteiger partial charge in [0.15, 0.2) is 6.61 Å². The minimum Gasteiger partial charge on any atom is -0.467 e. The van der Waals surface area contributed by atoms with E-state index in [2.05, 4.69) is 36.0 Å². The van der Waals surface area contributed by atoms with Gasteiger partial charge < -0.3 is 15.8 Å². The minimum absolute atomic E-state index is 0.0437. The van der Waals surface area contributed by atoms with Gasteiger partial charge in [-0.25, -0.2) is 4.98 Å². The molecule has 0 saturated carbocycles. The number of primary amides is 1. The molecule has 0 unspecified atom stereocenters. The van der Waals surface area contributed by atoms with Gasteiger partial charge >= 0.3 is 6.18 Å². The zero-order valence-electron chi connectivity index (χ0n) is 15.7. The highest BCUT2D eigenvalue weighted by molar-refractivity contribution is 9.10. The quantitative estimate of drug-likeness (QED) is 0.703. The zero-order chi connectivity index (χ0) is 21.4. The molecular formula is C18H22BrF3N4O2. The van der Waals surface area contributed by atoms with Crippen molar-refractivity contribution in [2.24, 2.45) is 5.73 Å². The molecule has 2 heterocycles. The van der Waals surface area contributed by atoms with E-state index in [0.29, 0.717) is 16.6 Å². The van der Waals surface area contributed by atoms with Gasteiger partial charge in [0.25, 0.3) is 0 Å². The standard InChI is InChI=1S/C12H16BrF3N2O.C6H6N2O/c1-11(2,3)18-6-8-4-9(13)10(17-5-8)19-7-12(14,15)16;7-6(9)5-1-3-8-4-2-5/h4-5,18H,6-7H2,1-3H3;1-4H,(H2,7,9). The fraction of sp³-hybridized carbons (Fsp3) is 0.389. The van der Waals surface area contributed by atoms with E-state index >= 15 is 0 Å². The number of nitrogens with one attached hydrogen (secondary N) is 1. The Morgan fingerprint density at radius 1 is 1.25 bits per heavy atom. The lowest BCUT2D eigenvalue weighted by molar-refractivity contribution is -0.154. The van der Waals surface area contributed by atoms with Crippen LogP contribution in [0.2, 0.25) is 0 Å². The van der Waals surface area contributed by atoms with Crippen LogP contribution >= 0.6 is 15.9 Å². The molecule has 2 aromatic rings. The predicted molar refractivity (Wildman–Crippen MR) is 103 cm³/mol. The molecule has 1 amide bonds. The van der Waals surface area contributed by atoms with Crippen LogP contribution in [0.25, 0.3) is 0 Å². The van der Waals surface area contributed by atoms with Crippen molar-refractivity contribution < 1.29 is 22.7 Å². The summed E-state index contributed by atoms with van der Waals surface area (Å²) in [6.07, 6.45) is 0.184. The third-order valence-electron chi connectivity index (χ3n) is 3.02. The molecule has 154 valence electrons. The lowest BCUT2D eigenvalue weighted by Crippen LogP contribution is -2.35. The smallest absolute Gasteiger partial charge is 0.422 e. The normalized spacial score (nSPS) is 11.4. The molecule has 6 nitrogen and oxygen atoms in total. The first-order valence-electron chi connectivity index (χ1n) is 8.16. The fourth-order valence-electron chi connectivity index (χ4n) is 1.70. The number of carbonyl (C=O) groups is 1. The average Bonchev–Trinajstić information content (AvgIpc) is 2.59. The summed E-state index contributed by atoms with van der Waals surface area (Å²) < 4.78 is 41.1. The van der Waals surface area contributed by atoms with E-state index < -0.39 is 18.7 Å². The molecule has 0 aliphatic carbocycles. The predicted octanol–water partition coefficient (Wildman–Crippen LogP) is 3.85. The van der Waals surface area contributed by atoms with E-state index in [4.69, 9.17) is 5.73 Å². The minimum atomic E-state index is -4.37. The highest BCUT2D eigenvalue weighted by Gasteiger charge is 2.29. The van der Waals surface area contributed by atoms with Gasteiger partial charge in [-0.1, -0.05) is 0 Å². The van der Waals surface area contributed by atoms with Gasteiger partial charge in [0.1, 0.15) is 0 Å². The Labute approximate surface area is 169 Å². The number of pyridine rings is 2. The number of hydrogen-bond donors (Lipinski definition) is 2. The summed E-state index contributed by atoms with van der Waals surface area (Å²) in [4.78, 5) is 18.0. The van der Waals surface area contributed by atoms with Crippen molar-refractivity contribution in [1.29, 1.82) is 0 Å². The topological polar surface area (TPSA) is 90.1 Å². The van der Waals surface area contributed by atoms with Gasteiger partial charge in [-0.2, -0.15) is 13.2 Å². The van der Waals surface area contributed by atoms with Crippen molar-refractivity contribution in [2.45, 2.75) is 39.0 Å². The van der Waals surface area contributed by atoms with E-state index in [1.165, 1.54) is 18.6 Å². The van der Waals surface area contributed by atoms with Crippen molar-refractivity contribution >= 4 is 21.8 Å². The summed E-state index contributed by atoms with van der Waals surface area (Å²) in [5.41, 5.74) is 6.26. The molecular weight excluding hydrogens is 441 g/mol. The van der Waals surface area contributed by atoms with Crippen LogP contribution in [0.15, 0.2) is 41.3 Å². The number of amides is 1. The Morgan fingerprint density at radius 2 is 1.86 bits per heavy atom. The second kappa shape index (κ2) is 10.4. The third-order valence-corrected chi connectivity index (χ3v) is 3.59. The van der Waals surface area contributed by atoms with Crippen LogP contribution < -0.4 is 15.8 Å². The molecule has 0 aliphatic rings. The molecule has 28 heavy (non-hydrogen) atoms. The van der Waals surface area contributed by atoms with Crippen molar-refractivity contribution in [3.63, 3.8) is 0 Å². The molecule has 10 heteroatoms. The molecule has 0 bridgehead atoms. The molecule has 0 spiro atoms. The Morgan fingerprint density at radius 3 is 2.29 bits per heavy atom. The van der Waals surface area contributed by atoms with Gasteiger partial charge in [0.2, 0.25) is 11.8 Å². The number of ether oxygens (including phenoxy) is 1. The number of hydrogen-bond acceptors (Lipinski definition) is 5. The summed E-state index contributed by atoms with van der Waals surface area (Å²) in [6, 6.07) is 4.84. The molecule has 0 fully saturated rings. The van der Waals surface area contributed by atoms with Gasteiger partial charge in [0, 0.05) is 36.2 Å². The van der Waals surface area contributed by atoms with Crippen molar-refractivity contribution in [3.05, 3.63) is 52.4 Å². The summed E-state index contributed by atoms with van der Waals surface area (Å²) in [7, 11) is 0. The van der Waals surface area contributed by atoms with Crippen LogP contribution in [-0.2, 0) is 6.54 Å². The first kappa shape index (κ1) is 23.8. The number of alkyl halides is 3. The Kier molecular flexibility index (Phi) is 8.83. The maximum Gasteiger partial charge on any atom is 0.422 e. The molecule has 2 aromatic heterocycles. The Hall–Kier alpha value is -2.20. The fourth-order valence-corrected chi connectivity index (χ4v) is 2.21. The maximum absolute atomic E-state index is 12.0. The van der Waals surface area contributed by atoms with E-state index in [1.54, 1.807) is 18.2 Å². The molecule has 0 atom stereocenters. The number of aromatic nitrogens is 2. The van der Waals surface area contributed by atoms with E-state index in [0.717, 1.165) is 5.56 Å². The van der Waals surface area contributed by atoms with E-state index in [1.807, 2.05) is 20.8 Å². The van der Waals surface area contributed by atoms with Crippen LogP contribution in [0, 0.1) is 0 Å².